The van der Waals surface area contributed by atoms with Gasteiger partial charge in [-0.05, 0) is 42.7 Å². The number of aliphatic hydroxyl groups excluding tert-OH is 1. The van der Waals surface area contributed by atoms with Crippen molar-refractivity contribution in [2.45, 2.75) is 19.4 Å². The van der Waals surface area contributed by atoms with Crippen LogP contribution in [0.25, 0.3) is 16.7 Å². The molecule has 0 aliphatic carbocycles. The Morgan fingerprint density at radius 3 is 2.49 bits per heavy atom. The predicted molar refractivity (Wildman–Crippen MR) is 135 cm³/mol. The molecule has 0 saturated carbocycles. The van der Waals surface area contributed by atoms with Crippen molar-refractivity contribution in [3.63, 3.8) is 0 Å². The van der Waals surface area contributed by atoms with Gasteiger partial charge in [-0.15, -0.1) is 0 Å². The highest BCUT2D eigenvalue weighted by Gasteiger charge is 2.45. The van der Waals surface area contributed by atoms with Gasteiger partial charge in [-0.3, -0.25) is 9.59 Å². The summed E-state index contributed by atoms with van der Waals surface area (Å²) >= 11 is 0. The van der Waals surface area contributed by atoms with E-state index in [2.05, 4.69) is 4.98 Å². The number of likely N-dealkylation sites (tertiary alicyclic amines) is 1. The van der Waals surface area contributed by atoms with Crippen molar-refractivity contribution in [1.82, 2.24) is 9.88 Å². The number of H-pyrrole nitrogens is 1. The van der Waals surface area contributed by atoms with E-state index in [-0.39, 0.29) is 11.3 Å². The second-order valence-corrected chi connectivity index (χ2v) is 8.74. The third-order valence-corrected chi connectivity index (χ3v) is 6.58. The maximum Gasteiger partial charge on any atom is 0.295 e. The fraction of sp³-hybridized carbons (Fsp3) is 0.172. The van der Waals surface area contributed by atoms with E-state index in [1.54, 1.807) is 36.3 Å². The summed E-state index contributed by atoms with van der Waals surface area (Å²) in [5, 5.41) is 12.1. The van der Waals surface area contributed by atoms with Gasteiger partial charge in [0.25, 0.3) is 11.7 Å². The van der Waals surface area contributed by atoms with E-state index in [1.165, 1.54) is 0 Å². The van der Waals surface area contributed by atoms with E-state index in [1.807, 2.05) is 61.7 Å². The number of benzene rings is 3. The molecule has 0 bridgehead atoms. The Balaban J connectivity index is 1.55. The summed E-state index contributed by atoms with van der Waals surface area (Å²) in [4.78, 5) is 31.3. The smallest absolute Gasteiger partial charge is 0.295 e. The number of rotatable bonds is 6. The second kappa shape index (κ2) is 9.14. The standard InChI is InChI=1S/C29H26N2O4/c1-18-8-10-19(11-9-18)26-25(27(32)20-6-4-3-5-7-20)28(33)29(34)31(26)15-14-21-17-30-24-13-12-22(35-2)16-23(21)24/h3-13,16-17,26,30,32H,14-15H2,1-2H3/t26-/m0/s1. The second-order valence-electron chi connectivity index (χ2n) is 8.74. The first-order valence-electron chi connectivity index (χ1n) is 11.5. The molecule has 0 unspecified atom stereocenters. The summed E-state index contributed by atoms with van der Waals surface area (Å²) in [6.45, 7) is 2.30. The Labute approximate surface area is 203 Å². The van der Waals surface area contributed by atoms with Crippen LogP contribution in [0.4, 0.5) is 0 Å². The number of ketones is 1. The summed E-state index contributed by atoms with van der Waals surface area (Å²) in [5.74, 6) is -0.682. The van der Waals surface area contributed by atoms with Crippen LogP contribution < -0.4 is 4.74 Å². The van der Waals surface area contributed by atoms with Crippen LogP contribution in [0, 0.1) is 6.92 Å². The summed E-state index contributed by atoms with van der Waals surface area (Å²) in [6.07, 6.45) is 2.46. The number of methoxy groups -OCH3 is 1. The fourth-order valence-electron chi connectivity index (χ4n) is 4.69. The van der Waals surface area contributed by atoms with Gasteiger partial charge in [0, 0.05) is 29.2 Å². The van der Waals surface area contributed by atoms with Gasteiger partial charge < -0.3 is 19.7 Å². The van der Waals surface area contributed by atoms with Crippen LogP contribution in [0.3, 0.4) is 0 Å². The van der Waals surface area contributed by atoms with Crippen molar-refractivity contribution in [1.29, 1.82) is 0 Å². The number of aromatic amines is 1. The van der Waals surface area contributed by atoms with Crippen LogP contribution in [-0.2, 0) is 16.0 Å². The molecule has 1 amide bonds. The Bertz CT molecular complexity index is 1430. The number of aromatic nitrogens is 1. The molecule has 1 fully saturated rings. The van der Waals surface area contributed by atoms with E-state index >= 15 is 0 Å². The molecule has 1 saturated heterocycles. The number of carbonyl (C=O) groups excluding carboxylic acids is 2. The number of hydrogen-bond acceptors (Lipinski definition) is 4. The zero-order chi connectivity index (χ0) is 24.5. The summed E-state index contributed by atoms with van der Waals surface area (Å²) < 4.78 is 5.37. The Hall–Kier alpha value is -4.32. The lowest BCUT2D eigenvalue weighted by Crippen LogP contribution is -2.31. The molecule has 0 spiro atoms. The first-order valence-corrected chi connectivity index (χ1v) is 11.5. The number of hydrogen-bond donors (Lipinski definition) is 2. The number of ether oxygens (including phenoxy) is 1. The molecule has 1 aliphatic rings. The van der Waals surface area contributed by atoms with Crippen molar-refractivity contribution >= 4 is 28.4 Å². The van der Waals surface area contributed by atoms with Gasteiger partial charge in [0.05, 0.1) is 18.7 Å². The van der Waals surface area contributed by atoms with Crippen LogP contribution >= 0.6 is 0 Å². The fourth-order valence-corrected chi connectivity index (χ4v) is 4.69. The molecular formula is C29H26N2O4. The van der Waals surface area contributed by atoms with Gasteiger partial charge in [0.1, 0.15) is 11.5 Å². The molecule has 2 heterocycles. The predicted octanol–water partition coefficient (Wildman–Crippen LogP) is 5.15. The first kappa shape index (κ1) is 22.5. The zero-order valence-corrected chi connectivity index (χ0v) is 19.6. The lowest BCUT2D eigenvalue weighted by molar-refractivity contribution is -0.139. The summed E-state index contributed by atoms with van der Waals surface area (Å²) in [5.41, 5.74) is 4.47. The highest BCUT2D eigenvalue weighted by molar-refractivity contribution is 6.46. The van der Waals surface area contributed by atoms with Gasteiger partial charge in [-0.1, -0.05) is 60.2 Å². The molecule has 1 aromatic heterocycles. The molecule has 6 heteroatoms. The molecule has 4 aromatic rings. The van der Waals surface area contributed by atoms with E-state index in [0.717, 1.165) is 33.3 Å². The van der Waals surface area contributed by atoms with Crippen LogP contribution in [-0.4, -0.2) is 40.3 Å². The van der Waals surface area contributed by atoms with E-state index in [0.29, 0.717) is 18.5 Å². The van der Waals surface area contributed by atoms with Crippen molar-refractivity contribution in [2.75, 3.05) is 13.7 Å². The Morgan fingerprint density at radius 1 is 1.03 bits per heavy atom. The molecule has 5 rings (SSSR count). The number of nitrogens with zero attached hydrogens (tertiary/aromatic N) is 1. The number of fused-ring (bicyclic) bond motifs is 1. The maximum atomic E-state index is 13.2. The molecule has 3 aromatic carbocycles. The molecule has 176 valence electrons. The van der Waals surface area contributed by atoms with Crippen molar-refractivity contribution < 1.29 is 19.4 Å². The van der Waals surface area contributed by atoms with Crippen molar-refractivity contribution in [3.8, 4) is 5.75 Å². The zero-order valence-electron chi connectivity index (χ0n) is 19.6. The minimum atomic E-state index is -0.671. The average molecular weight is 467 g/mol. The topological polar surface area (TPSA) is 82.6 Å². The van der Waals surface area contributed by atoms with E-state index in [9.17, 15) is 14.7 Å². The minimum absolute atomic E-state index is 0.116. The van der Waals surface area contributed by atoms with Gasteiger partial charge in [0.15, 0.2) is 0 Å². The summed E-state index contributed by atoms with van der Waals surface area (Å²) in [7, 11) is 1.63. The number of carbonyl (C=O) groups is 2. The van der Waals surface area contributed by atoms with E-state index in [4.69, 9.17) is 4.74 Å². The third-order valence-electron chi connectivity index (χ3n) is 6.58. The molecule has 2 N–H and O–H groups in total. The van der Waals surface area contributed by atoms with Crippen molar-refractivity contribution in [2.24, 2.45) is 0 Å². The van der Waals surface area contributed by atoms with Gasteiger partial charge >= 0.3 is 0 Å². The molecule has 35 heavy (non-hydrogen) atoms. The highest BCUT2D eigenvalue weighted by atomic mass is 16.5. The van der Waals surface area contributed by atoms with Gasteiger partial charge in [0.2, 0.25) is 0 Å². The van der Waals surface area contributed by atoms with Crippen molar-refractivity contribution in [3.05, 3.63) is 107 Å². The number of aryl methyl sites for hydroxylation is 1. The van der Waals surface area contributed by atoms with Crippen LogP contribution in [0.2, 0.25) is 0 Å². The number of Topliss-reactive ketones (excluding diaryl/α,β-unsaturated/α-hetero) is 1. The van der Waals surface area contributed by atoms with Crippen LogP contribution in [0.15, 0.2) is 84.6 Å². The van der Waals surface area contributed by atoms with E-state index < -0.39 is 17.7 Å². The van der Waals surface area contributed by atoms with Gasteiger partial charge in [-0.2, -0.15) is 0 Å². The Morgan fingerprint density at radius 2 is 1.77 bits per heavy atom. The molecule has 0 radical (unpaired) electrons. The molecule has 1 atom stereocenters. The molecule has 6 nitrogen and oxygen atoms in total. The lowest BCUT2D eigenvalue weighted by Gasteiger charge is -2.25. The highest BCUT2D eigenvalue weighted by Crippen LogP contribution is 2.39. The molecule has 1 aliphatic heterocycles. The van der Waals surface area contributed by atoms with Crippen LogP contribution in [0.5, 0.6) is 5.75 Å². The Kier molecular flexibility index (Phi) is 5.87. The number of nitrogens with one attached hydrogen (secondary N) is 1. The van der Waals surface area contributed by atoms with Crippen LogP contribution in [0.1, 0.15) is 28.3 Å². The first-order chi connectivity index (χ1) is 17.0. The normalized spacial score (nSPS) is 17.3. The summed E-state index contributed by atoms with van der Waals surface area (Å²) in [6, 6.07) is 21.7. The van der Waals surface area contributed by atoms with Gasteiger partial charge in [-0.25, -0.2) is 0 Å². The average Bonchev–Trinajstić information content (AvgIpc) is 3.41. The maximum absolute atomic E-state index is 13.2. The third kappa shape index (κ3) is 4.08. The minimum Gasteiger partial charge on any atom is -0.507 e. The molecular weight excluding hydrogens is 440 g/mol. The number of amides is 1. The quantitative estimate of drug-likeness (QED) is 0.234. The monoisotopic (exact) mass is 466 g/mol. The number of aliphatic hydroxyl groups is 1. The largest absolute Gasteiger partial charge is 0.507 e. The lowest BCUT2D eigenvalue weighted by atomic mass is 9.94. The SMILES string of the molecule is COc1ccc2[nH]cc(CCN3C(=O)C(=O)C(=C(O)c4ccccc4)[C@@H]3c3ccc(C)cc3)c2c1.